The summed E-state index contributed by atoms with van der Waals surface area (Å²) in [6.07, 6.45) is 5.14. The quantitative estimate of drug-likeness (QED) is 0.619. The van der Waals surface area contributed by atoms with Crippen molar-refractivity contribution in [2.24, 2.45) is 11.8 Å². The van der Waals surface area contributed by atoms with Crippen LogP contribution in [0, 0.1) is 17.7 Å². The predicted molar refractivity (Wildman–Crippen MR) is 75.6 cm³/mol. The fourth-order valence-electron chi connectivity index (χ4n) is 1.83. The van der Waals surface area contributed by atoms with Crippen molar-refractivity contribution in [3.8, 4) is 0 Å². The van der Waals surface area contributed by atoms with Crippen LogP contribution in [0.25, 0.3) is 0 Å². The summed E-state index contributed by atoms with van der Waals surface area (Å²) in [7, 11) is 0. The average Bonchev–Trinajstić information content (AvgIpc) is 2.28. The maximum Gasteiger partial charge on any atom is 0.123 e. The number of allylic oxidation sites excluding steroid dienone is 1. The smallest absolute Gasteiger partial charge is 0.123 e. The van der Waals surface area contributed by atoms with Crippen molar-refractivity contribution in [1.29, 1.82) is 0 Å². The molecule has 0 amide bonds. The van der Waals surface area contributed by atoms with Crippen LogP contribution in [0.4, 0.5) is 4.39 Å². The molecular formula is C15H20BrF. The van der Waals surface area contributed by atoms with Gasteiger partial charge in [0.25, 0.3) is 0 Å². The van der Waals surface area contributed by atoms with Gasteiger partial charge in [-0.2, -0.15) is 0 Å². The Morgan fingerprint density at radius 2 is 2.06 bits per heavy atom. The van der Waals surface area contributed by atoms with E-state index >= 15 is 0 Å². The van der Waals surface area contributed by atoms with Gasteiger partial charge in [-0.25, -0.2) is 4.39 Å². The Morgan fingerprint density at radius 1 is 1.35 bits per heavy atom. The van der Waals surface area contributed by atoms with Crippen molar-refractivity contribution in [1.82, 2.24) is 0 Å². The van der Waals surface area contributed by atoms with Crippen molar-refractivity contribution in [3.05, 3.63) is 46.7 Å². The number of hydrogen-bond donors (Lipinski definition) is 0. The maximum absolute atomic E-state index is 13.2. The highest BCUT2D eigenvalue weighted by Gasteiger charge is 2.10. The third-order valence-corrected chi connectivity index (χ3v) is 3.71. The summed E-state index contributed by atoms with van der Waals surface area (Å²) >= 11 is 3.47. The van der Waals surface area contributed by atoms with Gasteiger partial charge in [0, 0.05) is 4.47 Å². The van der Waals surface area contributed by atoms with Gasteiger partial charge >= 0.3 is 0 Å². The molecule has 0 spiro atoms. The van der Waals surface area contributed by atoms with Crippen LogP contribution in [0.1, 0.15) is 32.3 Å². The molecule has 0 saturated carbocycles. The molecule has 0 nitrogen and oxygen atoms in total. The van der Waals surface area contributed by atoms with E-state index in [-0.39, 0.29) is 5.82 Å². The highest BCUT2D eigenvalue weighted by Crippen LogP contribution is 2.24. The van der Waals surface area contributed by atoms with E-state index in [0.29, 0.717) is 11.8 Å². The SMILES string of the molecule is C=C[C@@H](CCC(C)C)Cc1cc(F)ccc1Br. The van der Waals surface area contributed by atoms with Crippen LogP contribution in [0.5, 0.6) is 0 Å². The molecule has 0 unspecified atom stereocenters. The third kappa shape index (κ3) is 5.03. The second-order valence-electron chi connectivity index (χ2n) is 4.91. The Hall–Kier alpha value is -0.630. The lowest BCUT2D eigenvalue weighted by molar-refractivity contribution is 0.478. The van der Waals surface area contributed by atoms with Crippen LogP contribution in [0.15, 0.2) is 35.3 Å². The van der Waals surface area contributed by atoms with E-state index in [1.54, 1.807) is 12.1 Å². The van der Waals surface area contributed by atoms with Crippen molar-refractivity contribution in [2.45, 2.75) is 33.1 Å². The van der Waals surface area contributed by atoms with Crippen LogP contribution in [-0.2, 0) is 6.42 Å². The molecular weight excluding hydrogens is 279 g/mol. The molecule has 0 aliphatic rings. The molecule has 1 rings (SSSR count). The molecule has 0 N–H and O–H groups in total. The van der Waals surface area contributed by atoms with Crippen LogP contribution < -0.4 is 0 Å². The molecule has 94 valence electrons. The Morgan fingerprint density at radius 3 is 2.65 bits per heavy atom. The van der Waals surface area contributed by atoms with E-state index in [2.05, 4.69) is 36.4 Å². The second kappa shape index (κ2) is 6.95. The van der Waals surface area contributed by atoms with E-state index in [9.17, 15) is 4.39 Å². The van der Waals surface area contributed by atoms with Crippen molar-refractivity contribution < 1.29 is 4.39 Å². The molecule has 0 aliphatic carbocycles. The average molecular weight is 299 g/mol. The molecule has 0 heterocycles. The first kappa shape index (κ1) is 14.4. The first-order valence-corrected chi connectivity index (χ1v) is 6.88. The standard InChI is InChI=1S/C15H20BrF/c1-4-12(6-5-11(2)3)9-13-10-14(17)7-8-15(13)16/h4,7-8,10-12H,1,5-6,9H2,2-3H3/t12-/m0/s1. The minimum Gasteiger partial charge on any atom is -0.207 e. The van der Waals surface area contributed by atoms with E-state index < -0.39 is 0 Å². The zero-order chi connectivity index (χ0) is 12.8. The first-order chi connectivity index (χ1) is 8.02. The van der Waals surface area contributed by atoms with Gasteiger partial charge in [0.05, 0.1) is 0 Å². The highest BCUT2D eigenvalue weighted by atomic mass is 79.9. The van der Waals surface area contributed by atoms with E-state index in [4.69, 9.17) is 0 Å². The fourth-order valence-corrected chi connectivity index (χ4v) is 2.24. The van der Waals surface area contributed by atoms with Crippen LogP contribution >= 0.6 is 15.9 Å². The normalized spacial score (nSPS) is 12.8. The minimum absolute atomic E-state index is 0.171. The number of hydrogen-bond acceptors (Lipinski definition) is 0. The number of rotatable bonds is 6. The summed E-state index contributed by atoms with van der Waals surface area (Å²) in [5, 5.41) is 0. The molecule has 0 aliphatic heterocycles. The summed E-state index contributed by atoms with van der Waals surface area (Å²) in [6.45, 7) is 8.32. The van der Waals surface area contributed by atoms with Crippen molar-refractivity contribution in [2.75, 3.05) is 0 Å². The predicted octanol–water partition coefficient (Wildman–Crippen LogP) is 5.37. The lowest BCUT2D eigenvalue weighted by Crippen LogP contribution is -2.04. The summed E-state index contributed by atoms with van der Waals surface area (Å²) < 4.78 is 14.2. The zero-order valence-electron chi connectivity index (χ0n) is 10.5. The van der Waals surface area contributed by atoms with E-state index in [1.165, 1.54) is 12.5 Å². The monoisotopic (exact) mass is 298 g/mol. The minimum atomic E-state index is -0.171. The van der Waals surface area contributed by atoms with Crippen molar-refractivity contribution in [3.63, 3.8) is 0 Å². The van der Waals surface area contributed by atoms with Crippen LogP contribution in [0.3, 0.4) is 0 Å². The fraction of sp³-hybridized carbons (Fsp3) is 0.467. The van der Waals surface area contributed by atoms with Gasteiger partial charge < -0.3 is 0 Å². The molecule has 0 saturated heterocycles. The van der Waals surface area contributed by atoms with Gasteiger partial charge in [-0.05, 0) is 48.4 Å². The summed E-state index contributed by atoms with van der Waals surface area (Å²) in [5.74, 6) is 0.957. The topological polar surface area (TPSA) is 0 Å². The number of benzene rings is 1. The summed E-state index contributed by atoms with van der Waals surface area (Å²) in [5.41, 5.74) is 1.03. The van der Waals surface area contributed by atoms with E-state index in [1.807, 2.05) is 6.08 Å². The van der Waals surface area contributed by atoms with Gasteiger partial charge in [-0.15, -0.1) is 6.58 Å². The Kier molecular flexibility index (Phi) is 5.90. The Balaban J connectivity index is 2.66. The van der Waals surface area contributed by atoms with Crippen molar-refractivity contribution >= 4 is 15.9 Å². The van der Waals surface area contributed by atoms with Crippen LogP contribution in [-0.4, -0.2) is 0 Å². The molecule has 2 heteroatoms. The summed E-state index contributed by atoms with van der Waals surface area (Å²) in [4.78, 5) is 0. The van der Waals surface area contributed by atoms with Gasteiger partial charge in [-0.1, -0.05) is 42.3 Å². The van der Waals surface area contributed by atoms with Gasteiger partial charge in [0.2, 0.25) is 0 Å². The first-order valence-electron chi connectivity index (χ1n) is 6.09. The maximum atomic E-state index is 13.2. The Bertz CT molecular complexity index is 371. The van der Waals surface area contributed by atoms with Gasteiger partial charge in [-0.3, -0.25) is 0 Å². The molecule has 1 aromatic rings. The molecule has 1 aromatic carbocycles. The van der Waals surface area contributed by atoms with Gasteiger partial charge in [0.15, 0.2) is 0 Å². The van der Waals surface area contributed by atoms with E-state index in [0.717, 1.165) is 22.9 Å². The lowest BCUT2D eigenvalue weighted by atomic mass is 9.92. The second-order valence-corrected chi connectivity index (χ2v) is 5.76. The third-order valence-electron chi connectivity index (χ3n) is 2.94. The largest absolute Gasteiger partial charge is 0.207 e. The molecule has 0 bridgehead atoms. The van der Waals surface area contributed by atoms with Gasteiger partial charge in [0.1, 0.15) is 5.82 Å². The molecule has 0 fully saturated rings. The molecule has 1 atom stereocenters. The lowest BCUT2D eigenvalue weighted by Gasteiger charge is -2.15. The summed E-state index contributed by atoms with van der Waals surface area (Å²) in [6, 6.07) is 4.85. The molecule has 0 radical (unpaired) electrons. The highest BCUT2D eigenvalue weighted by molar-refractivity contribution is 9.10. The molecule has 17 heavy (non-hydrogen) atoms. The van der Waals surface area contributed by atoms with Crippen LogP contribution in [0.2, 0.25) is 0 Å². The Labute approximate surface area is 112 Å². The zero-order valence-corrected chi connectivity index (χ0v) is 12.1. The molecule has 0 aromatic heterocycles. The number of halogens is 2.